The van der Waals surface area contributed by atoms with Crippen molar-refractivity contribution in [1.82, 2.24) is 25.1 Å². The highest BCUT2D eigenvalue weighted by Gasteiger charge is 2.21. The van der Waals surface area contributed by atoms with Crippen molar-refractivity contribution in [2.24, 2.45) is 0 Å². The van der Waals surface area contributed by atoms with Crippen LogP contribution in [0.2, 0.25) is 0 Å². The predicted molar refractivity (Wildman–Crippen MR) is 123 cm³/mol. The van der Waals surface area contributed by atoms with Crippen molar-refractivity contribution in [2.45, 2.75) is 43.6 Å². The van der Waals surface area contributed by atoms with Gasteiger partial charge in [-0.2, -0.15) is 5.10 Å². The Kier molecular flexibility index (Phi) is 6.60. The first-order chi connectivity index (χ1) is 15.0. The van der Waals surface area contributed by atoms with Crippen LogP contribution in [0.25, 0.3) is 11.0 Å². The van der Waals surface area contributed by atoms with Gasteiger partial charge in [0.2, 0.25) is 0 Å². The van der Waals surface area contributed by atoms with Crippen LogP contribution in [0.3, 0.4) is 0 Å². The molecule has 2 aromatic heterocycles. The third kappa shape index (κ3) is 4.92. The van der Waals surface area contributed by atoms with Gasteiger partial charge in [0.25, 0.3) is 5.91 Å². The average molecular weight is 441 g/mol. The van der Waals surface area contributed by atoms with Crippen molar-refractivity contribution in [3.05, 3.63) is 36.0 Å². The van der Waals surface area contributed by atoms with Crippen LogP contribution in [0.15, 0.2) is 35.6 Å². The van der Waals surface area contributed by atoms with Gasteiger partial charge in [0.05, 0.1) is 25.2 Å². The Morgan fingerprint density at radius 1 is 1.19 bits per heavy atom. The van der Waals surface area contributed by atoms with Crippen LogP contribution in [0.1, 0.15) is 37.0 Å². The number of rotatable bonds is 8. The molecule has 1 amide bonds. The van der Waals surface area contributed by atoms with Crippen molar-refractivity contribution >= 4 is 34.5 Å². The van der Waals surface area contributed by atoms with Gasteiger partial charge in [-0.25, -0.2) is 14.6 Å². The minimum Gasteiger partial charge on any atom is -0.497 e. The molecule has 1 aromatic carbocycles. The molecule has 1 aliphatic heterocycles. The lowest BCUT2D eigenvalue weighted by atomic mass is 10.2. The Labute approximate surface area is 186 Å². The van der Waals surface area contributed by atoms with Gasteiger partial charge in [0.15, 0.2) is 10.8 Å². The molecule has 9 heteroatoms. The van der Waals surface area contributed by atoms with E-state index in [0.717, 1.165) is 40.8 Å². The van der Waals surface area contributed by atoms with E-state index in [4.69, 9.17) is 14.7 Å². The van der Waals surface area contributed by atoms with Gasteiger partial charge < -0.3 is 15.0 Å². The summed E-state index contributed by atoms with van der Waals surface area (Å²) >= 11 is 1.66. The average Bonchev–Trinajstić information content (AvgIpc) is 3.43. The number of nitrogens with zero attached hydrogens (tertiary/aromatic N) is 5. The molecule has 1 N–H and O–H groups in total. The third-order valence-corrected chi connectivity index (χ3v) is 6.03. The molecule has 4 rings (SSSR count). The lowest BCUT2D eigenvalue weighted by Crippen LogP contribution is -2.27. The van der Waals surface area contributed by atoms with Gasteiger partial charge >= 0.3 is 0 Å². The number of thioether (sulfide) groups is 1. The summed E-state index contributed by atoms with van der Waals surface area (Å²) in [6.07, 6.45) is 4.21. The molecule has 1 fully saturated rings. The van der Waals surface area contributed by atoms with Gasteiger partial charge in [0, 0.05) is 30.4 Å². The lowest BCUT2D eigenvalue weighted by Gasteiger charge is -2.18. The normalized spacial score (nSPS) is 13.9. The van der Waals surface area contributed by atoms with Crippen molar-refractivity contribution < 1.29 is 9.53 Å². The largest absolute Gasteiger partial charge is 0.497 e. The minimum absolute atomic E-state index is 0.123. The zero-order valence-electron chi connectivity index (χ0n) is 18.2. The molecule has 1 saturated heterocycles. The molecule has 0 radical (unpaired) electrons. The SMILES string of the molecule is COc1ccc(C(=O)NCCn2ncc3c(N4CCCC4)nc(SC(C)C)nc32)cc1. The molecule has 0 saturated carbocycles. The summed E-state index contributed by atoms with van der Waals surface area (Å²) < 4.78 is 7.00. The van der Waals surface area contributed by atoms with Crippen LogP contribution in [0.4, 0.5) is 5.82 Å². The zero-order chi connectivity index (χ0) is 21.8. The quantitative estimate of drug-likeness (QED) is 0.425. The van der Waals surface area contributed by atoms with Crippen molar-refractivity contribution in [2.75, 3.05) is 31.6 Å². The number of fused-ring (bicyclic) bond motifs is 1. The van der Waals surface area contributed by atoms with E-state index in [0.29, 0.717) is 23.9 Å². The summed E-state index contributed by atoms with van der Waals surface area (Å²) in [4.78, 5) is 24.4. The minimum atomic E-state index is -0.123. The monoisotopic (exact) mass is 440 g/mol. The number of benzene rings is 1. The van der Waals surface area contributed by atoms with E-state index >= 15 is 0 Å². The molecule has 1 aliphatic rings. The number of ether oxygens (including phenoxy) is 1. The molecule has 0 spiro atoms. The summed E-state index contributed by atoms with van der Waals surface area (Å²) in [5.41, 5.74) is 1.42. The molecule has 3 heterocycles. The van der Waals surface area contributed by atoms with Crippen molar-refractivity contribution in [3.63, 3.8) is 0 Å². The maximum Gasteiger partial charge on any atom is 0.251 e. The summed E-state index contributed by atoms with van der Waals surface area (Å²) in [5.74, 6) is 1.57. The molecular formula is C22H28N6O2S. The van der Waals surface area contributed by atoms with Crippen LogP contribution >= 0.6 is 11.8 Å². The molecule has 0 aliphatic carbocycles. The number of hydrogen-bond donors (Lipinski definition) is 1. The summed E-state index contributed by atoms with van der Waals surface area (Å²) in [7, 11) is 1.60. The molecule has 164 valence electrons. The Bertz CT molecular complexity index is 1040. The number of anilines is 1. The fourth-order valence-electron chi connectivity index (χ4n) is 3.64. The Morgan fingerprint density at radius 2 is 1.94 bits per heavy atom. The van der Waals surface area contributed by atoms with E-state index in [-0.39, 0.29) is 5.91 Å². The van der Waals surface area contributed by atoms with Crippen molar-refractivity contribution in [1.29, 1.82) is 0 Å². The van der Waals surface area contributed by atoms with E-state index in [1.165, 1.54) is 12.8 Å². The second-order valence-corrected chi connectivity index (χ2v) is 9.32. The highest BCUT2D eigenvalue weighted by atomic mass is 32.2. The lowest BCUT2D eigenvalue weighted by molar-refractivity contribution is 0.0952. The molecule has 8 nitrogen and oxygen atoms in total. The van der Waals surface area contributed by atoms with Crippen LogP contribution in [0.5, 0.6) is 5.75 Å². The number of carbonyl (C=O) groups is 1. The van der Waals surface area contributed by atoms with Gasteiger partial charge in [-0.1, -0.05) is 25.6 Å². The van der Waals surface area contributed by atoms with E-state index in [1.54, 1.807) is 43.1 Å². The Morgan fingerprint density at radius 3 is 2.61 bits per heavy atom. The Hall–Kier alpha value is -2.81. The molecule has 31 heavy (non-hydrogen) atoms. The maximum absolute atomic E-state index is 12.4. The molecule has 3 aromatic rings. The molecule has 0 unspecified atom stereocenters. The zero-order valence-corrected chi connectivity index (χ0v) is 19.0. The van der Waals surface area contributed by atoms with Gasteiger partial charge in [0.1, 0.15) is 11.6 Å². The summed E-state index contributed by atoms with van der Waals surface area (Å²) in [5, 5.41) is 9.64. The fourth-order valence-corrected chi connectivity index (χ4v) is 4.34. The van der Waals surface area contributed by atoms with Gasteiger partial charge in [-0.3, -0.25) is 4.79 Å². The van der Waals surface area contributed by atoms with E-state index in [9.17, 15) is 4.79 Å². The van der Waals surface area contributed by atoms with Crippen LogP contribution < -0.4 is 15.0 Å². The first kappa shape index (κ1) is 21.4. The van der Waals surface area contributed by atoms with E-state index in [2.05, 4.69) is 29.2 Å². The Balaban J connectivity index is 1.50. The molecule has 0 atom stereocenters. The van der Waals surface area contributed by atoms with Crippen LogP contribution in [-0.2, 0) is 6.54 Å². The first-order valence-electron chi connectivity index (χ1n) is 10.6. The van der Waals surface area contributed by atoms with Crippen molar-refractivity contribution in [3.8, 4) is 5.75 Å². The number of hydrogen-bond acceptors (Lipinski definition) is 7. The number of nitrogens with one attached hydrogen (secondary N) is 1. The smallest absolute Gasteiger partial charge is 0.251 e. The standard InChI is InChI=1S/C22H28N6O2S/c1-15(2)31-22-25-19(27-11-4-5-12-27)18-14-24-28(20(18)26-22)13-10-23-21(29)16-6-8-17(30-3)9-7-16/h6-9,14-15H,4-5,10-13H2,1-3H3,(H,23,29). The summed E-state index contributed by atoms with van der Waals surface area (Å²) in [6.45, 7) is 7.30. The maximum atomic E-state index is 12.4. The summed E-state index contributed by atoms with van der Waals surface area (Å²) in [6, 6.07) is 7.06. The van der Waals surface area contributed by atoms with Crippen LogP contribution in [0, 0.1) is 0 Å². The highest BCUT2D eigenvalue weighted by molar-refractivity contribution is 7.99. The highest BCUT2D eigenvalue weighted by Crippen LogP contribution is 2.30. The van der Waals surface area contributed by atoms with E-state index < -0.39 is 0 Å². The topological polar surface area (TPSA) is 85.2 Å². The fraction of sp³-hybridized carbons (Fsp3) is 0.455. The van der Waals surface area contributed by atoms with Gasteiger partial charge in [-0.05, 0) is 37.1 Å². The second-order valence-electron chi connectivity index (χ2n) is 7.78. The third-order valence-electron chi connectivity index (χ3n) is 5.16. The first-order valence-corrected chi connectivity index (χ1v) is 11.5. The number of methoxy groups -OCH3 is 1. The number of carbonyl (C=O) groups excluding carboxylic acids is 1. The predicted octanol–water partition coefficient (Wildman–Crippen LogP) is 3.37. The second kappa shape index (κ2) is 9.55. The molecular weight excluding hydrogens is 412 g/mol. The number of amides is 1. The van der Waals surface area contributed by atoms with Crippen LogP contribution in [-0.4, -0.2) is 57.6 Å². The number of aromatic nitrogens is 4. The van der Waals surface area contributed by atoms with Gasteiger partial charge in [-0.15, -0.1) is 0 Å². The van der Waals surface area contributed by atoms with E-state index in [1.807, 2.05) is 10.9 Å². The molecule has 0 bridgehead atoms.